The predicted molar refractivity (Wildman–Crippen MR) is 108 cm³/mol. The van der Waals surface area contributed by atoms with Crippen molar-refractivity contribution in [1.29, 1.82) is 0 Å². The second-order valence-corrected chi connectivity index (χ2v) is 7.87. The highest BCUT2D eigenvalue weighted by molar-refractivity contribution is 6.22. The van der Waals surface area contributed by atoms with Crippen LogP contribution in [0.5, 0.6) is 0 Å². The fourth-order valence-corrected chi connectivity index (χ4v) is 3.74. The van der Waals surface area contributed by atoms with Crippen molar-refractivity contribution >= 4 is 33.8 Å². The van der Waals surface area contributed by atoms with E-state index in [1.54, 1.807) is 18.2 Å². The Balaban J connectivity index is 1.74. The van der Waals surface area contributed by atoms with Crippen molar-refractivity contribution in [3.8, 4) is 0 Å². The standard InChI is InChI=1S/C21H22ClFN2O2/c1-13-9-14(3-4-18(13)22)16-12-17-19(23)10-15(11-20(17)27-21(16)26)25-7-5-24(2)6-8-25/h3-4,9-13,18H,5-8H2,1-2H3/t13?,18-/m0/s1. The van der Waals surface area contributed by atoms with Gasteiger partial charge in [-0.3, -0.25) is 0 Å². The van der Waals surface area contributed by atoms with Gasteiger partial charge < -0.3 is 14.2 Å². The number of piperazine rings is 1. The van der Waals surface area contributed by atoms with Gasteiger partial charge in [-0.05, 0) is 30.7 Å². The topological polar surface area (TPSA) is 36.7 Å². The van der Waals surface area contributed by atoms with Gasteiger partial charge in [-0.15, -0.1) is 11.6 Å². The molecule has 1 aromatic carbocycles. The molecule has 0 radical (unpaired) electrons. The SMILES string of the molecule is CC1C=C(c2cc3c(F)cc(N4CCN(C)CC4)cc3oc2=O)C=C[C@@H]1Cl. The second-order valence-electron chi connectivity index (χ2n) is 7.36. The van der Waals surface area contributed by atoms with Gasteiger partial charge in [-0.25, -0.2) is 9.18 Å². The smallest absolute Gasteiger partial charge is 0.344 e. The van der Waals surface area contributed by atoms with Crippen molar-refractivity contribution in [2.45, 2.75) is 12.3 Å². The van der Waals surface area contributed by atoms with E-state index >= 15 is 0 Å². The Labute approximate surface area is 162 Å². The van der Waals surface area contributed by atoms with Crippen LogP contribution in [0.2, 0.25) is 0 Å². The van der Waals surface area contributed by atoms with Crippen molar-refractivity contribution in [2.75, 3.05) is 38.1 Å². The van der Waals surface area contributed by atoms with Gasteiger partial charge in [0.2, 0.25) is 0 Å². The largest absolute Gasteiger partial charge is 0.422 e. The molecule has 0 saturated carbocycles. The first-order chi connectivity index (χ1) is 12.9. The second kappa shape index (κ2) is 7.13. The summed E-state index contributed by atoms with van der Waals surface area (Å²) in [5, 5.41) is 0.210. The molecule has 0 N–H and O–H groups in total. The highest BCUT2D eigenvalue weighted by Crippen LogP contribution is 2.30. The van der Waals surface area contributed by atoms with Crippen molar-refractivity contribution in [1.82, 2.24) is 4.90 Å². The number of allylic oxidation sites excluding steroid dienone is 4. The summed E-state index contributed by atoms with van der Waals surface area (Å²) in [4.78, 5) is 16.9. The van der Waals surface area contributed by atoms with E-state index in [-0.39, 0.29) is 22.7 Å². The minimum absolute atomic E-state index is 0.0891. The number of likely N-dealkylation sites (N-methyl/N-ethyl adjacent to an activating group) is 1. The third-order valence-corrected chi connectivity index (χ3v) is 5.91. The minimum atomic E-state index is -0.464. The Morgan fingerprint density at radius 3 is 2.63 bits per heavy atom. The Morgan fingerprint density at radius 2 is 1.93 bits per heavy atom. The summed E-state index contributed by atoms with van der Waals surface area (Å²) in [5.41, 5.74) is 1.65. The Kier molecular flexibility index (Phi) is 4.82. The molecule has 4 rings (SSSR count). The number of fused-ring (bicyclic) bond motifs is 1. The van der Waals surface area contributed by atoms with Gasteiger partial charge in [0.15, 0.2) is 0 Å². The Morgan fingerprint density at radius 1 is 1.19 bits per heavy atom. The van der Waals surface area contributed by atoms with Crippen LogP contribution in [0.25, 0.3) is 16.5 Å². The predicted octanol–water partition coefficient (Wildman–Crippen LogP) is 3.88. The first-order valence-corrected chi connectivity index (χ1v) is 9.61. The van der Waals surface area contributed by atoms with E-state index in [1.165, 1.54) is 6.07 Å². The molecule has 1 aliphatic carbocycles. The highest BCUT2D eigenvalue weighted by atomic mass is 35.5. The molecule has 2 atom stereocenters. The van der Waals surface area contributed by atoms with Crippen LogP contribution in [0, 0.1) is 11.7 Å². The summed E-state index contributed by atoms with van der Waals surface area (Å²) in [5.74, 6) is -0.290. The molecule has 1 unspecified atom stereocenters. The third kappa shape index (κ3) is 3.54. The molecule has 27 heavy (non-hydrogen) atoms. The summed E-state index contributed by atoms with van der Waals surface area (Å²) >= 11 is 6.18. The summed E-state index contributed by atoms with van der Waals surface area (Å²) in [7, 11) is 2.07. The number of rotatable bonds is 2. The molecule has 0 amide bonds. The maximum atomic E-state index is 14.8. The van der Waals surface area contributed by atoms with E-state index < -0.39 is 5.63 Å². The summed E-state index contributed by atoms with van der Waals surface area (Å²) in [6, 6.07) is 4.87. The molecule has 2 heterocycles. The van der Waals surface area contributed by atoms with Crippen molar-refractivity contribution < 1.29 is 8.81 Å². The maximum absolute atomic E-state index is 14.8. The molecule has 1 aromatic heterocycles. The van der Waals surface area contributed by atoms with Crippen molar-refractivity contribution in [3.05, 3.63) is 58.2 Å². The molecule has 2 aromatic rings. The lowest BCUT2D eigenvalue weighted by Crippen LogP contribution is -2.44. The molecule has 1 saturated heterocycles. The van der Waals surface area contributed by atoms with Crippen LogP contribution in [0.3, 0.4) is 0 Å². The summed E-state index contributed by atoms with van der Waals surface area (Å²) in [6.07, 6.45) is 5.57. The molecule has 0 bridgehead atoms. The van der Waals surface area contributed by atoms with Crippen LogP contribution in [0.15, 0.2) is 45.6 Å². The van der Waals surface area contributed by atoms with E-state index in [9.17, 15) is 9.18 Å². The number of nitrogens with zero attached hydrogens (tertiary/aromatic N) is 2. The van der Waals surface area contributed by atoms with E-state index in [0.29, 0.717) is 10.9 Å². The van der Waals surface area contributed by atoms with Gasteiger partial charge in [0.25, 0.3) is 0 Å². The average Bonchev–Trinajstić information content (AvgIpc) is 2.64. The summed E-state index contributed by atoms with van der Waals surface area (Å²) in [6.45, 7) is 5.45. The van der Waals surface area contributed by atoms with Crippen LogP contribution < -0.4 is 10.5 Å². The Hall–Kier alpha value is -2.11. The number of hydrogen-bond acceptors (Lipinski definition) is 4. The fourth-order valence-electron chi connectivity index (χ4n) is 3.59. The van der Waals surface area contributed by atoms with Crippen molar-refractivity contribution in [3.63, 3.8) is 0 Å². The normalized spacial score (nSPS) is 23.7. The highest BCUT2D eigenvalue weighted by Gasteiger charge is 2.20. The lowest BCUT2D eigenvalue weighted by molar-refractivity contribution is 0.313. The molecule has 4 nitrogen and oxygen atoms in total. The van der Waals surface area contributed by atoms with Crippen LogP contribution in [-0.2, 0) is 0 Å². The Bertz CT molecular complexity index is 990. The number of alkyl halides is 1. The van der Waals surface area contributed by atoms with Crippen LogP contribution >= 0.6 is 11.6 Å². The number of anilines is 1. The van der Waals surface area contributed by atoms with Crippen LogP contribution in [-0.4, -0.2) is 43.5 Å². The molecule has 6 heteroatoms. The minimum Gasteiger partial charge on any atom is -0.422 e. The number of halogens is 2. The lowest BCUT2D eigenvalue weighted by Gasteiger charge is -2.34. The van der Waals surface area contributed by atoms with E-state index in [0.717, 1.165) is 37.4 Å². The third-order valence-electron chi connectivity index (χ3n) is 5.37. The van der Waals surface area contributed by atoms with Gasteiger partial charge in [0, 0.05) is 37.9 Å². The first-order valence-electron chi connectivity index (χ1n) is 9.18. The number of benzene rings is 1. The maximum Gasteiger partial charge on any atom is 0.344 e. The molecule has 142 valence electrons. The van der Waals surface area contributed by atoms with Gasteiger partial charge in [0.1, 0.15) is 11.4 Å². The zero-order chi connectivity index (χ0) is 19.1. The zero-order valence-corrected chi connectivity index (χ0v) is 16.2. The zero-order valence-electron chi connectivity index (χ0n) is 15.4. The molecular formula is C21H22ClFN2O2. The van der Waals surface area contributed by atoms with Gasteiger partial charge in [0.05, 0.1) is 16.3 Å². The number of hydrogen-bond donors (Lipinski definition) is 0. The summed E-state index contributed by atoms with van der Waals surface area (Å²) < 4.78 is 20.3. The molecular weight excluding hydrogens is 367 g/mol. The van der Waals surface area contributed by atoms with E-state index in [1.807, 2.05) is 19.1 Å². The monoisotopic (exact) mass is 388 g/mol. The first kappa shape index (κ1) is 18.3. The van der Waals surface area contributed by atoms with Crippen LogP contribution in [0.1, 0.15) is 12.5 Å². The van der Waals surface area contributed by atoms with E-state index in [2.05, 4.69) is 16.8 Å². The average molecular weight is 389 g/mol. The molecule has 1 aliphatic heterocycles. The quantitative estimate of drug-likeness (QED) is 0.578. The van der Waals surface area contributed by atoms with Gasteiger partial charge in [-0.1, -0.05) is 25.2 Å². The lowest BCUT2D eigenvalue weighted by atomic mass is 9.93. The van der Waals surface area contributed by atoms with Crippen molar-refractivity contribution in [2.24, 2.45) is 5.92 Å². The van der Waals surface area contributed by atoms with Gasteiger partial charge in [-0.2, -0.15) is 0 Å². The van der Waals surface area contributed by atoms with Crippen LogP contribution in [0.4, 0.5) is 10.1 Å². The molecule has 2 aliphatic rings. The fraction of sp³-hybridized carbons (Fsp3) is 0.381. The van der Waals surface area contributed by atoms with E-state index in [4.69, 9.17) is 16.0 Å². The van der Waals surface area contributed by atoms with Gasteiger partial charge >= 0.3 is 5.63 Å². The molecule has 0 spiro atoms. The molecule has 1 fully saturated rings.